The van der Waals surface area contributed by atoms with Gasteiger partial charge >= 0.3 is 5.97 Å². The van der Waals surface area contributed by atoms with E-state index in [0.717, 1.165) is 0 Å². The molecule has 0 atom stereocenters. The fourth-order valence-corrected chi connectivity index (χ4v) is 1.32. The van der Waals surface area contributed by atoms with Gasteiger partial charge in [-0.15, -0.1) is 0 Å². The number of fused-ring (bicyclic) bond motifs is 1. The van der Waals surface area contributed by atoms with Crippen molar-refractivity contribution in [2.75, 3.05) is 0 Å². The number of carboxylic acids is 1. The molecule has 1 N–H and O–H groups in total. The van der Waals surface area contributed by atoms with Gasteiger partial charge < -0.3 is 5.11 Å². The topological polar surface area (TPSA) is 62.0 Å². The maximum absolute atomic E-state index is 10.7. The molecule has 0 aliphatic carbocycles. The summed E-state index contributed by atoms with van der Waals surface area (Å²) in [5.41, 5.74) is 0.140. The maximum Gasteiger partial charge on any atom is 0.337 e. The zero-order valence-corrected chi connectivity index (χ0v) is 7.21. The zero-order valence-electron chi connectivity index (χ0n) is 6.39. The van der Waals surface area contributed by atoms with E-state index in [-0.39, 0.29) is 10.7 Å². The average Bonchev–Trinajstić information content (AvgIpc) is 2.43. The predicted molar refractivity (Wildman–Crippen MR) is 48.3 cm³/mol. The molecule has 0 saturated carbocycles. The van der Waals surface area contributed by atoms with Gasteiger partial charge in [0.1, 0.15) is 5.36 Å². The molecule has 1 heterocycles. The van der Waals surface area contributed by atoms with Crippen LogP contribution in [-0.2, 0) is 0 Å². The van der Waals surface area contributed by atoms with Crippen LogP contribution in [0.5, 0.6) is 0 Å². The van der Waals surface area contributed by atoms with Gasteiger partial charge in [-0.25, -0.2) is 14.8 Å². The lowest BCUT2D eigenvalue weighted by atomic mass is 10.2. The van der Waals surface area contributed by atoms with Crippen LogP contribution < -0.4 is 10.7 Å². The quantitative estimate of drug-likeness (QED) is 0.633. The summed E-state index contributed by atoms with van der Waals surface area (Å²) in [6, 6.07) is 4.79. The van der Waals surface area contributed by atoms with Crippen LogP contribution in [0.15, 0.2) is 28.2 Å². The number of nitrogens with zero attached hydrogens (tertiary/aromatic N) is 2. The molecule has 0 radical (unpaired) electrons. The first-order valence-corrected chi connectivity index (χ1v) is 3.93. The van der Waals surface area contributed by atoms with Crippen LogP contribution in [0.25, 0.3) is 0 Å². The highest BCUT2D eigenvalue weighted by atomic mass is 32.1. The van der Waals surface area contributed by atoms with Crippen LogP contribution in [0.1, 0.15) is 10.4 Å². The van der Waals surface area contributed by atoms with Gasteiger partial charge in [0.25, 0.3) is 0 Å². The van der Waals surface area contributed by atoms with Gasteiger partial charge in [-0.2, -0.15) is 0 Å². The lowest BCUT2D eigenvalue weighted by molar-refractivity contribution is 0.0695. The number of aromatic carboxylic acids is 1. The summed E-state index contributed by atoms with van der Waals surface area (Å²) < 4.78 is 0. The summed E-state index contributed by atoms with van der Waals surface area (Å²) in [6.07, 6.45) is 0. The molecule has 13 heavy (non-hydrogen) atoms. The SMILES string of the molecule is O=C(O)c1cccc2c1=NC(=S)N=2. The molecule has 1 aliphatic rings. The third-order valence-electron chi connectivity index (χ3n) is 1.67. The van der Waals surface area contributed by atoms with Crippen molar-refractivity contribution in [3.05, 3.63) is 34.5 Å². The Morgan fingerprint density at radius 2 is 2.15 bits per heavy atom. The number of para-hydroxylation sites is 1. The molecule has 0 saturated heterocycles. The van der Waals surface area contributed by atoms with E-state index in [2.05, 4.69) is 9.98 Å². The standard InChI is InChI=1S/C8H4N2O2S/c11-7(12)4-2-1-3-5-6(4)10-8(13)9-5/h1-3H,(H,11,12). The highest BCUT2D eigenvalue weighted by Gasteiger charge is 2.10. The lowest BCUT2D eigenvalue weighted by Crippen LogP contribution is -2.28. The van der Waals surface area contributed by atoms with Crippen molar-refractivity contribution in [3.8, 4) is 0 Å². The zero-order chi connectivity index (χ0) is 9.42. The summed E-state index contributed by atoms with van der Waals surface area (Å²) in [5.74, 6) is -1.01. The molecule has 0 aromatic heterocycles. The Kier molecular flexibility index (Phi) is 1.66. The number of carboxylic acid groups (broad SMARTS) is 1. The number of carbonyl (C=O) groups is 1. The Morgan fingerprint density at radius 3 is 2.85 bits per heavy atom. The van der Waals surface area contributed by atoms with E-state index in [1.54, 1.807) is 12.1 Å². The Morgan fingerprint density at radius 1 is 1.38 bits per heavy atom. The Bertz CT molecular complexity index is 521. The van der Waals surface area contributed by atoms with Gasteiger partial charge in [0.05, 0.1) is 10.9 Å². The van der Waals surface area contributed by atoms with E-state index in [4.69, 9.17) is 17.3 Å². The Hall–Kier alpha value is -1.62. The van der Waals surface area contributed by atoms with Gasteiger partial charge in [0.2, 0.25) is 5.11 Å². The monoisotopic (exact) mass is 192 g/mol. The van der Waals surface area contributed by atoms with E-state index in [1.165, 1.54) is 6.07 Å². The smallest absolute Gasteiger partial charge is 0.337 e. The summed E-state index contributed by atoms with van der Waals surface area (Å²) in [6.45, 7) is 0. The molecule has 5 heteroatoms. The molecule has 4 nitrogen and oxygen atoms in total. The number of hydrogen-bond donors (Lipinski definition) is 1. The first-order chi connectivity index (χ1) is 6.18. The molecule has 1 aromatic carbocycles. The van der Waals surface area contributed by atoms with Crippen molar-refractivity contribution < 1.29 is 9.90 Å². The molecule has 0 unspecified atom stereocenters. The summed E-state index contributed by atoms with van der Waals surface area (Å²) in [7, 11) is 0. The van der Waals surface area contributed by atoms with Gasteiger partial charge in [-0.1, -0.05) is 6.07 Å². The van der Waals surface area contributed by atoms with Gasteiger partial charge in [-0.3, -0.25) is 0 Å². The van der Waals surface area contributed by atoms with E-state index in [9.17, 15) is 4.79 Å². The van der Waals surface area contributed by atoms with Crippen molar-refractivity contribution in [2.45, 2.75) is 0 Å². The number of hydrogen-bond acceptors (Lipinski definition) is 2. The van der Waals surface area contributed by atoms with E-state index >= 15 is 0 Å². The van der Waals surface area contributed by atoms with Gasteiger partial charge in [0.15, 0.2) is 0 Å². The van der Waals surface area contributed by atoms with Crippen molar-refractivity contribution in [1.29, 1.82) is 0 Å². The molecule has 1 aliphatic heterocycles. The summed E-state index contributed by atoms with van der Waals surface area (Å²) in [4.78, 5) is 18.5. The second-order valence-corrected chi connectivity index (χ2v) is 2.85. The number of thiocarbonyl (C=S) groups is 1. The normalized spacial score (nSPS) is 13.1. The minimum absolute atomic E-state index is 0.140. The predicted octanol–water partition coefficient (Wildman–Crippen LogP) is -0.0775. The molecule has 0 bridgehead atoms. The third-order valence-corrected chi connectivity index (χ3v) is 1.85. The number of benzene rings is 1. The van der Waals surface area contributed by atoms with Gasteiger partial charge in [-0.05, 0) is 24.4 Å². The van der Waals surface area contributed by atoms with Gasteiger partial charge in [0, 0.05) is 0 Å². The molecule has 1 aromatic rings. The minimum Gasteiger partial charge on any atom is -0.478 e. The van der Waals surface area contributed by atoms with Crippen LogP contribution >= 0.6 is 12.2 Å². The Balaban J connectivity index is 2.88. The summed E-state index contributed by atoms with van der Waals surface area (Å²) >= 11 is 4.74. The Labute approximate surface area is 78.3 Å². The molecule has 64 valence electrons. The molecular weight excluding hydrogens is 188 g/mol. The molecule has 0 amide bonds. The largest absolute Gasteiger partial charge is 0.478 e. The van der Waals surface area contributed by atoms with Crippen molar-refractivity contribution in [1.82, 2.24) is 0 Å². The number of rotatable bonds is 1. The maximum atomic E-state index is 10.7. The van der Waals surface area contributed by atoms with E-state index in [1.807, 2.05) is 0 Å². The van der Waals surface area contributed by atoms with Crippen molar-refractivity contribution >= 4 is 23.3 Å². The fraction of sp³-hybridized carbons (Fsp3) is 0. The first-order valence-electron chi connectivity index (χ1n) is 3.52. The van der Waals surface area contributed by atoms with Crippen LogP contribution in [-0.4, -0.2) is 16.2 Å². The van der Waals surface area contributed by atoms with Crippen LogP contribution in [0.3, 0.4) is 0 Å². The molecular formula is C8H4N2O2S. The second kappa shape index (κ2) is 2.70. The third kappa shape index (κ3) is 1.23. The second-order valence-electron chi connectivity index (χ2n) is 2.48. The molecule has 0 spiro atoms. The van der Waals surface area contributed by atoms with Crippen molar-refractivity contribution in [2.24, 2.45) is 9.98 Å². The minimum atomic E-state index is -1.01. The van der Waals surface area contributed by atoms with Crippen LogP contribution in [0.4, 0.5) is 0 Å². The fourth-order valence-electron chi connectivity index (χ4n) is 1.14. The average molecular weight is 192 g/mol. The lowest BCUT2D eigenvalue weighted by Gasteiger charge is -1.90. The van der Waals surface area contributed by atoms with E-state index < -0.39 is 5.97 Å². The van der Waals surface area contributed by atoms with Crippen molar-refractivity contribution in [3.63, 3.8) is 0 Å². The molecule has 2 rings (SSSR count). The van der Waals surface area contributed by atoms with E-state index in [0.29, 0.717) is 10.7 Å². The summed E-state index contributed by atoms with van der Waals surface area (Å²) in [5, 5.41) is 9.87. The highest BCUT2D eigenvalue weighted by Crippen LogP contribution is 1.92. The first kappa shape index (κ1) is 8.00. The molecule has 0 fully saturated rings. The van der Waals surface area contributed by atoms with Crippen LogP contribution in [0, 0.1) is 0 Å². The van der Waals surface area contributed by atoms with Crippen LogP contribution in [0.2, 0.25) is 0 Å². The highest BCUT2D eigenvalue weighted by molar-refractivity contribution is 7.80.